The lowest BCUT2D eigenvalue weighted by Gasteiger charge is -2.10. The van der Waals surface area contributed by atoms with Gasteiger partial charge in [-0.05, 0) is 30.0 Å². The third-order valence-corrected chi connectivity index (χ3v) is 2.40. The summed E-state index contributed by atoms with van der Waals surface area (Å²) in [6.07, 6.45) is 0.815. The van der Waals surface area contributed by atoms with Crippen molar-refractivity contribution in [1.82, 2.24) is 0 Å². The van der Waals surface area contributed by atoms with Gasteiger partial charge in [0.05, 0.1) is 12.2 Å². The number of anilines is 1. The summed E-state index contributed by atoms with van der Waals surface area (Å²) in [4.78, 5) is 11.7. The molecule has 0 fully saturated rings. The maximum absolute atomic E-state index is 11.7. The summed E-state index contributed by atoms with van der Waals surface area (Å²) in [7, 11) is 0. The van der Waals surface area contributed by atoms with E-state index in [2.05, 4.69) is 13.8 Å². The minimum Gasteiger partial charge on any atom is -0.462 e. The van der Waals surface area contributed by atoms with Gasteiger partial charge in [0.25, 0.3) is 0 Å². The molecule has 2 N–H and O–H groups in total. The fourth-order valence-corrected chi connectivity index (χ4v) is 1.38. The predicted molar refractivity (Wildman–Crippen MR) is 65.5 cm³/mol. The molecule has 3 heteroatoms. The lowest BCUT2D eigenvalue weighted by molar-refractivity contribution is 0.0506. The van der Waals surface area contributed by atoms with Crippen LogP contribution in [0.5, 0.6) is 0 Å². The molecular formula is C13H19NO2. The highest BCUT2D eigenvalue weighted by molar-refractivity contribution is 5.95. The first-order valence-corrected chi connectivity index (χ1v) is 5.62. The molecule has 0 bridgehead atoms. The average molecular weight is 221 g/mol. The summed E-state index contributed by atoms with van der Waals surface area (Å²) in [5.74, 6) is 0.0418. The molecule has 0 radical (unpaired) electrons. The van der Waals surface area contributed by atoms with Crippen molar-refractivity contribution in [2.24, 2.45) is 0 Å². The highest BCUT2D eigenvalue weighted by atomic mass is 16.5. The second-order valence-corrected chi connectivity index (χ2v) is 4.14. The van der Waals surface area contributed by atoms with E-state index in [1.165, 1.54) is 0 Å². The van der Waals surface area contributed by atoms with E-state index < -0.39 is 0 Å². The molecule has 0 amide bonds. The lowest BCUT2D eigenvalue weighted by atomic mass is 10.00. The van der Waals surface area contributed by atoms with Gasteiger partial charge in [-0.3, -0.25) is 0 Å². The number of hydrogen-bond donors (Lipinski definition) is 1. The van der Waals surface area contributed by atoms with Gasteiger partial charge in [-0.1, -0.05) is 26.8 Å². The molecule has 88 valence electrons. The Morgan fingerprint density at radius 1 is 1.44 bits per heavy atom. The van der Waals surface area contributed by atoms with Crippen molar-refractivity contribution in [2.45, 2.75) is 33.1 Å². The van der Waals surface area contributed by atoms with Crippen LogP contribution < -0.4 is 5.73 Å². The molecule has 1 aromatic rings. The van der Waals surface area contributed by atoms with Gasteiger partial charge in [-0.15, -0.1) is 0 Å². The van der Waals surface area contributed by atoms with Crippen molar-refractivity contribution in [3.8, 4) is 0 Å². The molecule has 0 aliphatic rings. The second-order valence-electron chi connectivity index (χ2n) is 4.14. The molecular weight excluding hydrogens is 202 g/mol. The van der Waals surface area contributed by atoms with Crippen LogP contribution in [-0.2, 0) is 4.74 Å². The molecule has 16 heavy (non-hydrogen) atoms. The standard InChI is InChI=1S/C13H19NO2/c1-4-7-16-13(15)11-8-10(9(2)3)5-6-12(11)14/h5-6,8-9H,4,7,14H2,1-3H3. The molecule has 3 nitrogen and oxygen atoms in total. The van der Waals surface area contributed by atoms with E-state index in [4.69, 9.17) is 10.5 Å². The first-order chi connectivity index (χ1) is 7.56. The Bertz CT molecular complexity index is 372. The number of carbonyl (C=O) groups is 1. The van der Waals surface area contributed by atoms with E-state index >= 15 is 0 Å². The van der Waals surface area contributed by atoms with Crippen molar-refractivity contribution in [3.63, 3.8) is 0 Å². The zero-order valence-electron chi connectivity index (χ0n) is 10.1. The Morgan fingerprint density at radius 2 is 2.12 bits per heavy atom. The van der Waals surface area contributed by atoms with Crippen molar-refractivity contribution in [2.75, 3.05) is 12.3 Å². The summed E-state index contributed by atoms with van der Waals surface area (Å²) < 4.78 is 5.07. The first kappa shape index (κ1) is 12.6. The van der Waals surface area contributed by atoms with Crippen LogP contribution in [0, 0.1) is 0 Å². The summed E-state index contributed by atoms with van der Waals surface area (Å²) in [6, 6.07) is 5.52. The summed E-state index contributed by atoms with van der Waals surface area (Å²) in [5, 5.41) is 0. The van der Waals surface area contributed by atoms with E-state index in [1.807, 2.05) is 19.1 Å². The number of hydrogen-bond acceptors (Lipinski definition) is 3. The fraction of sp³-hybridized carbons (Fsp3) is 0.462. The monoisotopic (exact) mass is 221 g/mol. The van der Waals surface area contributed by atoms with Crippen molar-refractivity contribution in [1.29, 1.82) is 0 Å². The zero-order valence-corrected chi connectivity index (χ0v) is 10.1. The summed E-state index contributed by atoms with van der Waals surface area (Å²) >= 11 is 0. The van der Waals surface area contributed by atoms with Gasteiger partial charge < -0.3 is 10.5 Å². The first-order valence-electron chi connectivity index (χ1n) is 5.62. The summed E-state index contributed by atoms with van der Waals surface area (Å²) in [5.41, 5.74) is 7.81. The minimum atomic E-state index is -0.332. The van der Waals surface area contributed by atoms with Crippen molar-refractivity contribution >= 4 is 11.7 Å². The Kier molecular flexibility index (Phi) is 4.35. The Morgan fingerprint density at radius 3 is 2.69 bits per heavy atom. The molecule has 0 aliphatic carbocycles. The third-order valence-electron chi connectivity index (χ3n) is 2.40. The SMILES string of the molecule is CCCOC(=O)c1cc(C(C)C)ccc1N. The van der Waals surface area contributed by atoms with Crippen molar-refractivity contribution in [3.05, 3.63) is 29.3 Å². The van der Waals surface area contributed by atoms with Crippen molar-refractivity contribution < 1.29 is 9.53 Å². The molecule has 0 aliphatic heterocycles. The Labute approximate surface area is 96.6 Å². The van der Waals surface area contributed by atoms with Crippen LogP contribution in [0.1, 0.15) is 49.0 Å². The van der Waals surface area contributed by atoms with Gasteiger partial charge in [0, 0.05) is 5.69 Å². The molecule has 0 saturated carbocycles. The van der Waals surface area contributed by atoms with Crippen LogP contribution in [0.3, 0.4) is 0 Å². The molecule has 0 spiro atoms. The maximum atomic E-state index is 11.7. The van der Waals surface area contributed by atoms with Crippen LogP contribution in [-0.4, -0.2) is 12.6 Å². The maximum Gasteiger partial charge on any atom is 0.340 e. The van der Waals surface area contributed by atoms with E-state index in [0.29, 0.717) is 23.8 Å². The van der Waals surface area contributed by atoms with E-state index in [-0.39, 0.29) is 5.97 Å². The number of nitrogens with two attached hydrogens (primary N) is 1. The number of ether oxygens (including phenoxy) is 1. The van der Waals surface area contributed by atoms with Crippen LogP contribution in [0.2, 0.25) is 0 Å². The molecule has 1 aromatic carbocycles. The van der Waals surface area contributed by atoms with E-state index in [0.717, 1.165) is 12.0 Å². The highest BCUT2D eigenvalue weighted by Crippen LogP contribution is 2.21. The Hall–Kier alpha value is -1.51. The molecule has 0 unspecified atom stereocenters. The van der Waals surface area contributed by atoms with E-state index in [9.17, 15) is 4.79 Å². The Balaban J connectivity index is 2.93. The number of esters is 1. The van der Waals surface area contributed by atoms with Gasteiger partial charge in [0.2, 0.25) is 0 Å². The smallest absolute Gasteiger partial charge is 0.340 e. The van der Waals surface area contributed by atoms with Crippen LogP contribution in [0.4, 0.5) is 5.69 Å². The van der Waals surface area contributed by atoms with E-state index in [1.54, 1.807) is 6.07 Å². The zero-order chi connectivity index (χ0) is 12.1. The predicted octanol–water partition coefficient (Wildman–Crippen LogP) is 2.96. The van der Waals surface area contributed by atoms with Gasteiger partial charge in [0.1, 0.15) is 0 Å². The van der Waals surface area contributed by atoms with Gasteiger partial charge in [-0.2, -0.15) is 0 Å². The lowest BCUT2D eigenvalue weighted by Crippen LogP contribution is -2.09. The quantitative estimate of drug-likeness (QED) is 0.628. The highest BCUT2D eigenvalue weighted by Gasteiger charge is 2.12. The molecule has 0 aromatic heterocycles. The van der Waals surface area contributed by atoms with Crippen LogP contribution in [0.15, 0.2) is 18.2 Å². The number of nitrogen functional groups attached to an aromatic ring is 1. The topological polar surface area (TPSA) is 52.3 Å². The normalized spacial score (nSPS) is 10.5. The average Bonchev–Trinajstić information content (AvgIpc) is 2.26. The van der Waals surface area contributed by atoms with Gasteiger partial charge in [0.15, 0.2) is 0 Å². The summed E-state index contributed by atoms with van der Waals surface area (Å²) in [6.45, 7) is 6.55. The third kappa shape index (κ3) is 2.99. The number of carbonyl (C=O) groups excluding carboxylic acids is 1. The second kappa shape index (κ2) is 5.54. The number of benzene rings is 1. The molecule has 0 heterocycles. The minimum absolute atomic E-state index is 0.332. The van der Waals surface area contributed by atoms with Gasteiger partial charge in [-0.25, -0.2) is 4.79 Å². The number of rotatable bonds is 4. The van der Waals surface area contributed by atoms with Gasteiger partial charge >= 0.3 is 5.97 Å². The fourth-order valence-electron chi connectivity index (χ4n) is 1.38. The molecule has 0 atom stereocenters. The molecule has 1 rings (SSSR count). The van der Waals surface area contributed by atoms with Crippen LogP contribution in [0.25, 0.3) is 0 Å². The largest absolute Gasteiger partial charge is 0.462 e. The van der Waals surface area contributed by atoms with Crippen LogP contribution >= 0.6 is 0 Å². The molecule has 0 saturated heterocycles.